The SMILES string of the molecule is C.CCCC[N+](CCCC)(CCCC)CCCC.CCCCc1nnc([C@@H]2CC[C@@H]3CN2C(=O)N3OS(=O)(=O)[O-])o1.CNCCc1nnc([C@@H]2CC[C@@H]3CN2C(=O)N3OS(=O)(=O)O)o1. The monoisotopic (exact) mass is 950 g/mol. The molecule has 2 N–H and O–H groups in total. The minimum Gasteiger partial charge on any atom is -0.724 e. The lowest BCUT2D eigenvalue weighted by Gasteiger charge is -2.39. The van der Waals surface area contributed by atoms with Gasteiger partial charge in [0.1, 0.15) is 12.1 Å². The highest BCUT2D eigenvalue weighted by Crippen LogP contribution is 2.39. The zero-order chi connectivity index (χ0) is 46.2. The summed E-state index contributed by atoms with van der Waals surface area (Å²) in [5, 5.41) is 20.2. The molecule has 0 radical (unpaired) electrons. The zero-order valence-electron chi connectivity index (χ0n) is 37.9. The molecule has 4 aliphatic heterocycles. The van der Waals surface area contributed by atoms with Crippen LogP contribution in [0.1, 0.15) is 168 Å². The Kier molecular flexibility index (Phi) is 22.3. The number of piperidine rings is 2. The minimum absolute atomic E-state index is 0. The molecular formula is C40H74N10O12S2. The molecule has 4 saturated heterocycles. The van der Waals surface area contributed by atoms with Crippen molar-refractivity contribution in [2.75, 3.05) is 52.9 Å². The molecule has 24 heteroatoms. The first kappa shape index (κ1) is 54.8. The van der Waals surface area contributed by atoms with E-state index in [-0.39, 0.29) is 20.5 Å². The van der Waals surface area contributed by atoms with Crippen LogP contribution in [0.4, 0.5) is 9.59 Å². The fourth-order valence-corrected chi connectivity index (χ4v) is 9.15. The van der Waals surface area contributed by atoms with Gasteiger partial charge in [-0.15, -0.1) is 24.7 Å². The van der Waals surface area contributed by atoms with Crippen molar-refractivity contribution in [1.82, 2.24) is 45.6 Å². The Balaban J connectivity index is 0.000000257. The van der Waals surface area contributed by atoms with Crippen LogP contribution in [0.25, 0.3) is 0 Å². The maximum absolute atomic E-state index is 12.3. The number of carbonyl (C=O) groups is 2. The summed E-state index contributed by atoms with van der Waals surface area (Å²) < 4.78 is 83.9. The highest BCUT2D eigenvalue weighted by molar-refractivity contribution is 7.81. The van der Waals surface area contributed by atoms with Gasteiger partial charge in [0.15, 0.2) is 0 Å². The van der Waals surface area contributed by atoms with Crippen LogP contribution in [0.3, 0.4) is 0 Å². The summed E-state index contributed by atoms with van der Waals surface area (Å²) in [6.45, 7) is 18.3. The van der Waals surface area contributed by atoms with Gasteiger partial charge in [-0.05, 0) is 64.8 Å². The van der Waals surface area contributed by atoms with Crippen molar-refractivity contribution in [3.8, 4) is 0 Å². The summed E-state index contributed by atoms with van der Waals surface area (Å²) in [5.74, 6) is 1.63. The molecule has 368 valence electrons. The normalized spacial score (nSPS) is 20.8. The molecular weight excluding hydrogens is 877 g/mol. The zero-order valence-corrected chi connectivity index (χ0v) is 39.5. The fraction of sp³-hybridized carbons (Fsp3) is 0.850. The van der Waals surface area contributed by atoms with Crippen LogP contribution in [0, 0.1) is 0 Å². The van der Waals surface area contributed by atoms with Crippen molar-refractivity contribution in [2.45, 2.75) is 169 Å². The number of hydrogen-bond donors (Lipinski definition) is 2. The lowest BCUT2D eigenvalue weighted by Crippen LogP contribution is -2.50. The molecule has 4 aliphatic rings. The number of urea groups is 2. The van der Waals surface area contributed by atoms with E-state index in [1.165, 1.54) is 91.8 Å². The van der Waals surface area contributed by atoms with E-state index in [9.17, 15) is 31.0 Å². The molecule has 6 heterocycles. The Morgan fingerprint density at radius 3 is 1.45 bits per heavy atom. The van der Waals surface area contributed by atoms with Crippen LogP contribution in [-0.4, -0.2) is 148 Å². The second-order valence-electron chi connectivity index (χ2n) is 16.7. The van der Waals surface area contributed by atoms with Gasteiger partial charge in [0.2, 0.25) is 34.0 Å². The Hall–Kier alpha value is -3.52. The van der Waals surface area contributed by atoms with Gasteiger partial charge >= 0.3 is 22.5 Å². The van der Waals surface area contributed by atoms with Crippen molar-refractivity contribution >= 4 is 32.9 Å². The lowest BCUT2D eigenvalue weighted by molar-refractivity contribution is -0.929. The van der Waals surface area contributed by atoms with Crippen molar-refractivity contribution in [1.29, 1.82) is 0 Å². The van der Waals surface area contributed by atoms with Crippen LogP contribution in [0.2, 0.25) is 0 Å². The van der Waals surface area contributed by atoms with E-state index in [1.807, 2.05) is 7.05 Å². The molecule has 0 saturated carbocycles. The Bertz CT molecular complexity index is 1780. The number of hydrogen-bond acceptors (Lipinski definition) is 16. The smallest absolute Gasteiger partial charge is 0.418 e. The van der Waals surface area contributed by atoms with E-state index in [0.29, 0.717) is 78.8 Å². The summed E-state index contributed by atoms with van der Waals surface area (Å²) in [6, 6.07) is -3.08. The highest BCUT2D eigenvalue weighted by atomic mass is 32.3. The average Bonchev–Trinajstić information content (AvgIpc) is 4.03. The molecule has 0 spiro atoms. The molecule has 0 aromatic carbocycles. The third-order valence-corrected chi connectivity index (χ3v) is 12.5. The number of aryl methyl sites for hydroxylation is 1. The van der Waals surface area contributed by atoms with Crippen LogP contribution in [0.5, 0.6) is 0 Å². The predicted molar refractivity (Wildman–Crippen MR) is 234 cm³/mol. The van der Waals surface area contributed by atoms with Crippen LogP contribution in [-0.2, 0) is 42.2 Å². The number of rotatable bonds is 24. The molecule has 4 atom stereocenters. The van der Waals surface area contributed by atoms with E-state index >= 15 is 0 Å². The fourth-order valence-electron chi connectivity index (χ4n) is 8.38. The first-order valence-electron chi connectivity index (χ1n) is 22.7. The molecule has 4 amide bonds. The predicted octanol–water partition coefficient (Wildman–Crippen LogP) is 5.89. The minimum atomic E-state index is -4.99. The number of quaternary nitrogens is 1. The number of amides is 4. The Morgan fingerprint density at radius 1 is 0.672 bits per heavy atom. The summed E-state index contributed by atoms with van der Waals surface area (Å²) in [6.07, 6.45) is 16.3. The first-order valence-corrected chi connectivity index (χ1v) is 25.4. The summed E-state index contributed by atoms with van der Waals surface area (Å²) in [5.41, 5.74) is 0. The molecule has 22 nitrogen and oxygen atoms in total. The van der Waals surface area contributed by atoms with Crippen molar-refractivity contribution in [3.63, 3.8) is 0 Å². The quantitative estimate of drug-likeness (QED) is 0.0705. The molecule has 2 aromatic rings. The van der Waals surface area contributed by atoms with E-state index in [1.54, 1.807) is 0 Å². The molecule has 6 rings (SSSR count). The van der Waals surface area contributed by atoms with E-state index in [4.69, 9.17) is 13.4 Å². The molecule has 4 fully saturated rings. The molecule has 0 aliphatic carbocycles. The standard InChI is InChI=1S/C16H36N.C12H18N4O6S.C11H17N5O6S.CH4/c1-5-9-13-17(14-10-6-2,15-11-7-3)16-12-8-4;1-2-3-4-10-13-14-11(21-10)9-6-5-8-7-15(9)12(17)16(8)22-23(18,19)20;1-12-5-4-9-13-14-10(21-9)8-3-2-7-6-15(8)11(17)16(7)22-23(18,19)20;/h5-16H2,1-4H3;8-9H,2-7H2,1H3,(H,18,19,20);7-8,12H,2-6H2,1H3,(H,18,19,20);1H4/q+1;;;/p-1/t;8-,9+;7-,8+;/m.11./s1. The Labute approximate surface area is 380 Å². The maximum Gasteiger partial charge on any atom is 0.418 e. The Morgan fingerprint density at radius 2 is 1.08 bits per heavy atom. The second kappa shape index (κ2) is 26.0. The van der Waals surface area contributed by atoms with Crippen LogP contribution in [0.15, 0.2) is 8.83 Å². The summed E-state index contributed by atoms with van der Waals surface area (Å²) in [7, 11) is -7.93. The van der Waals surface area contributed by atoms with Crippen LogP contribution < -0.4 is 5.32 Å². The van der Waals surface area contributed by atoms with E-state index < -0.39 is 57.0 Å². The van der Waals surface area contributed by atoms with E-state index in [2.05, 4.69) is 68.9 Å². The third-order valence-electron chi connectivity index (χ3n) is 11.8. The van der Waals surface area contributed by atoms with Gasteiger partial charge in [-0.25, -0.2) is 18.0 Å². The first-order chi connectivity index (χ1) is 30.0. The van der Waals surface area contributed by atoms with Crippen molar-refractivity contribution in [2.24, 2.45) is 0 Å². The van der Waals surface area contributed by atoms with Crippen LogP contribution >= 0.6 is 0 Å². The molecule has 4 bridgehead atoms. The number of unbranched alkanes of at least 4 members (excludes halogenated alkanes) is 5. The van der Waals surface area contributed by atoms with E-state index in [0.717, 1.165) is 12.8 Å². The topological polar surface area (TPSA) is 267 Å². The van der Waals surface area contributed by atoms with Gasteiger partial charge in [0.05, 0.1) is 38.3 Å². The van der Waals surface area contributed by atoms with Gasteiger partial charge in [0, 0.05) is 32.5 Å². The number of aromatic nitrogens is 4. The number of nitrogens with zero attached hydrogens (tertiary/aromatic N) is 9. The number of carbonyl (C=O) groups excluding carboxylic acids is 2. The number of likely N-dealkylation sites (N-methyl/N-ethyl adjacent to an activating group) is 1. The van der Waals surface area contributed by atoms with Crippen molar-refractivity contribution in [3.05, 3.63) is 23.6 Å². The van der Waals surface area contributed by atoms with Gasteiger partial charge in [0.25, 0.3) is 0 Å². The van der Waals surface area contributed by atoms with Gasteiger partial charge in [-0.1, -0.05) is 74.1 Å². The summed E-state index contributed by atoms with van der Waals surface area (Å²) in [4.78, 5) is 27.4. The maximum atomic E-state index is 12.3. The lowest BCUT2D eigenvalue weighted by atomic mass is 10.0. The summed E-state index contributed by atoms with van der Waals surface area (Å²) >= 11 is 0. The highest BCUT2D eigenvalue weighted by Gasteiger charge is 2.50. The van der Waals surface area contributed by atoms with Gasteiger partial charge in [-0.3, -0.25) is 4.55 Å². The molecule has 2 aromatic heterocycles. The van der Waals surface area contributed by atoms with Crippen molar-refractivity contribution < 1.29 is 57.4 Å². The molecule has 64 heavy (non-hydrogen) atoms. The van der Waals surface area contributed by atoms with Gasteiger partial charge < -0.3 is 33.0 Å². The third kappa shape index (κ3) is 15.8. The molecule has 0 unspecified atom stereocenters. The average molecular weight is 951 g/mol. The second-order valence-corrected chi connectivity index (χ2v) is 18.6. The van der Waals surface area contributed by atoms with Gasteiger partial charge in [-0.2, -0.15) is 22.8 Å². The number of hydroxylamine groups is 4. The largest absolute Gasteiger partial charge is 0.724 e. The number of fused-ring (bicyclic) bond motifs is 4. The number of nitrogens with one attached hydrogen (secondary N) is 1.